The third-order valence-corrected chi connectivity index (χ3v) is 2.99. The Kier molecular flexibility index (Phi) is 6.26. The third-order valence-electron chi connectivity index (χ3n) is 2.37. The first kappa shape index (κ1) is 15.9. The van der Waals surface area contributed by atoms with Crippen LogP contribution in [0.15, 0.2) is 12.1 Å². The monoisotopic (exact) mass is 302 g/mol. The number of terminal acetylenes is 1. The summed E-state index contributed by atoms with van der Waals surface area (Å²) in [5.41, 5.74) is 6.03. The van der Waals surface area contributed by atoms with Crippen molar-refractivity contribution >= 4 is 28.9 Å². The number of ether oxygens (including phenoxy) is 1. The van der Waals surface area contributed by atoms with Crippen LogP contribution in [0.25, 0.3) is 0 Å². The van der Waals surface area contributed by atoms with Gasteiger partial charge in [0, 0.05) is 12.6 Å². The van der Waals surface area contributed by atoms with Crippen molar-refractivity contribution < 1.29 is 9.84 Å². The number of anilines is 1. The van der Waals surface area contributed by atoms with Crippen LogP contribution in [0.5, 0.6) is 5.75 Å². The molecule has 1 atom stereocenters. The second-order valence-corrected chi connectivity index (χ2v) is 4.98. The highest BCUT2D eigenvalue weighted by atomic mass is 35.5. The maximum absolute atomic E-state index is 9.79. The molecule has 0 fully saturated rings. The zero-order valence-corrected chi connectivity index (χ0v) is 12.1. The first-order chi connectivity index (χ1) is 8.93. The number of likely N-dealkylation sites (N-methyl/N-ethyl adjacent to an activating group) is 1. The van der Waals surface area contributed by atoms with E-state index in [-0.39, 0.29) is 6.61 Å². The normalized spacial score (nSPS) is 12.2. The van der Waals surface area contributed by atoms with Gasteiger partial charge in [0.15, 0.2) is 0 Å². The highest BCUT2D eigenvalue weighted by Gasteiger charge is 2.11. The Morgan fingerprint density at radius 1 is 1.47 bits per heavy atom. The molecule has 0 saturated heterocycles. The van der Waals surface area contributed by atoms with Gasteiger partial charge < -0.3 is 15.6 Å². The molecule has 0 radical (unpaired) electrons. The van der Waals surface area contributed by atoms with E-state index in [1.165, 1.54) is 12.1 Å². The lowest BCUT2D eigenvalue weighted by atomic mass is 10.3. The molecule has 0 heterocycles. The van der Waals surface area contributed by atoms with Crippen LogP contribution < -0.4 is 10.5 Å². The number of nitrogens with zero attached hydrogens (tertiary/aromatic N) is 1. The summed E-state index contributed by atoms with van der Waals surface area (Å²) in [4.78, 5) is 1.81. The predicted molar refractivity (Wildman–Crippen MR) is 78.7 cm³/mol. The zero-order chi connectivity index (χ0) is 14.4. The van der Waals surface area contributed by atoms with Crippen LogP contribution in [-0.4, -0.2) is 42.9 Å². The maximum Gasteiger partial charge on any atom is 0.140 e. The molecule has 0 bridgehead atoms. The van der Waals surface area contributed by atoms with Gasteiger partial charge in [-0.1, -0.05) is 29.1 Å². The summed E-state index contributed by atoms with van der Waals surface area (Å²) >= 11 is 11.8. The molecule has 0 saturated carbocycles. The smallest absolute Gasteiger partial charge is 0.140 e. The predicted octanol–water partition coefficient (Wildman–Crippen LogP) is 1.88. The maximum atomic E-state index is 9.79. The van der Waals surface area contributed by atoms with E-state index in [1.807, 2.05) is 11.9 Å². The Labute approximate surface area is 123 Å². The third kappa shape index (κ3) is 5.17. The van der Waals surface area contributed by atoms with Crippen molar-refractivity contribution in [3.05, 3.63) is 22.2 Å². The van der Waals surface area contributed by atoms with E-state index in [0.717, 1.165) is 0 Å². The number of benzene rings is 1. The van der Waals surface area contributed by atoms with Gasteiger partial charge in [0.25, 0.3) is 0 Å². The number of aliphatic hydroxyl groups is 1. The Hall–Kier alpha value is -1.12. The number of hydrogen-bond acceptors (Lipinski definition) is 4. The quantitative estimate of drug-likeness (QED) is 0.622. The SMILES string of the molecule is C#CCN(C)C[C@H](O)COc1cc(N)c(Cl)cc1Cl. The fourth-order valence-corrected chi connectivity index (χ4v) is 1.91. The molecule has 1 aromatic rings. The van der Waals surface area contributed by atoms with E-state index >= 15 is 0 Å². The molecular formula is C13H16Cl2N2O2. The van der Waals surface area contributed by atoms with Gasteiger partial charge in [-0.15, -0.1) is 6.42 Å². The number of halogens is 2. The van der Waals surface area contributed by atoms with Crippen molar-refractivity contribution in [3.63, 3.8) is 0 Å². The summed E-state index contributed by atoms with van der Waals surface area (Å²) in [7, 11) is 1.82. The molecule has 104 valence electrons. The molecule has 0 aliphatic rings. The number of nitrogens with two attached hydrogens (primary N) is 1. The number of rotatable bonds is 6. The summed E-state index contributed by atoms with van der Waals surface area (Å²) in [6, 6.07) is 3.03. The van der Waals surface area contributed by atoms with E-state index in [2.05, 4.69) is 5.92 Å². The van der Waals surface area contributed by atoms with Crippen molar-refractivity contribution in [3.8, 4) is 18.1 Å². The van der Waals surface area contributed by atoms with E-state index < -0.39 is 6.10 Å². The minimum Gasteiger partial charge on any atom is -0.489 e. The number of nitrogen functional groups attached to an aromatic ring is 1. The molecule has 4 nitrogen and oxygen atoms in total. The molecule has 0 aliphatic heterocycles. The van der Waals surface area contributed by atoms with Crippen LogP contribution in [0, 0.1) is 12.3 Å². The Balaban J connectivity index is 2.53. The van der Waals surface area contributed by atoms with Crippen molar-refractivity contribution in [2.24, 2.45) is 0 Å². The lowest BCUT2D eigenvalue weighted by Crippen LogP contribution is -2.33. The van der Waals surface area contributed by atoms with Crippen molar-refractivity contribution in [1.82, 2.24) is 4.90 Å². The van der Waals surface area contributed by atoms with Gasteiger partial charge >= 0.3 is 0 Å². The second kappa shape index (κ2) is 7.46. The Morgan fingerprint density at radius 2 is 2.16 bits per heavy atom. The van der Waals surface area contributed by atoms with Gasteiger partial charge in [0.05, 0.1) is 22.3 Å². The highest BCUT2D eigenvalue weighted by Crippen LogP contribution is 2.32. The van der Waals surface area contributed by atoms with Gasteiger partial charge in [0.2, 0.25) is 0 Å². The zero-order valence-electron chi connectivity index (χ0n) is 10.6. The van der Waals surface area contributed by atoms with Gasteiger partial charge in [-0.3, -0.25) is 4.90 Å². The van der Waals surface area contributed by atoms with Crippen LogP contribution in [-0.2, 0) is 0 Å². The minimum atomic E-state index is -0.675. The van der Waals surface area contributed by atoms with Gasteiger partial charge in [-0.25, -0.2) is 0 Å². The van der Waals surface area contributed by atoms with E-state index in [1.54, 1.807) is 0 Å². The van der Waals surface area contributed by atoms with Crippen LogP contribution in [0.1, 0.15) is 0 Å². The van der Waals surface area contributed by atoms with E-state index in [0.29, 0.717) is 34.6 Å². The van der Waals surface area contributed by atoms with Gasteiger partial charge in [0.1, 0.15) is 18.5 Å². The molecule has 1 aromatic carbocycles. The first-order valence-electron chi connectivity index (χ1n) is 5.61. The summed E-state index contributed by atoms with van der Waals surface area (Å²) < 4.78 is 5.41. The molecule has 6 heteroatoms. The average molecular weight is 303 g/mol. The summed E-state index contributed by atoms with van der Waals surface area (Å²) in [5.74, 6) is 2.88. The van der Waals surface area contributed by atoms with Gasteiger partial charge in [-0.05, 0) is 13.1 Å². The molecule has 0 amide bonds. The lowest BCUT2D eigenvalue weighted by molar-refractivity contribution is 0.0801. The minimum absolute atomic E-state index is 0.0930. The Bertz CT molecular complexity index is 474. The van der Waals surface area contributed by atoms with Crippen LogP contribution in [0.3, 0.4) is 0 Å². The molecule has 0 aliphatic carbocycles. The number of hydrogen-bond donors (Lipinski definition) is 2. The highest BCUT2D eigenvalue weighted by molar-refractivity contribution is 6.37. The fraction of sp³-hybridized carbons (Fsp3) is 0.385. The van der Waals surface area contributed by atoms with E-state index in [4.69, 9.17) is 40.1 Å². The van der Waals surface area contributed by atoms with Crippen LogP contribution in [0.4, 0.5) is 5.69 Å². The molecule has 0 aromatic heterocycles. The topological polar surface area (TPSA) is 58.7 Å². The average Bonchev–Trinajstić information content (AvgIpc) is 2.32. The summed E-state index contributed by atoms with van der Waals surface area (Å²) in [6.45, 7) is 0.965. The largest absolute Gasteiger partial charge is 0.489 e. The molecule has 3 N–H and O–H groups in total. The Morgan fingerprint density at radius 3 is 2.79 bits per heavy atom. The van der Waals surface area contributed by atoms with Crippen LogP contribution in [0.2, 0.25) is 10.0 Å². The van der Waals surface area contributed by atoms with Crippen molar-refractivity contribution in [2.75, 3.05) is 32.5 Å². The fourth-order valence-electron chi connectivity index (χ4n) is 1.47. The second-order valence-electron chi connectivity index (χ2n) is 4.17. The molecule has 19 heavy (non-hydrogen) atoms. The first-order valence-corrected chi connectivity index (χ1v) is 6.37. The van der Waals surface area contributed by atoms with Crippen LogP contribution >= 0.6 is 23.2 Å². The molecule has 0 spiro atoms. The summed E-state index contributed by atoms with van der Waals surface area (Å²) in [5, 5.41) is 10.5. The molecular weight excluding hydrogens is 287 g/mol. The lowest BCUT2D eigenvalue weighted by Gasteiger charge is -2.19. The summed E-state index contributed by atoms with van der Waals surface area (Å²) in [6.07, 6.45) is 4.50. The van der Waals surface area contributed by atoms with Crippen molar-refractivity contribution in [1.29, 1.82) is 0 Å². The standard InChI is InChI=1S/C13H16Cl2N2O2/c1-3-4-17(2)7-9(18)8-19-13-6-12(16)10(14)5-11(13)15/h1,5-6,9,18H,4,7-8,16H2,2H3/t9-/m0/s1. The molecule has 1 rings (SSSR count). The van der Waals surface area contributed by atoms with E-state index in [9.17, 15) is 5.11 Å². The van der Waals surface area contributed by atoms with Crippen molar-refractivity contribution in [2.45, 2.75) is 6.10 Å². The number of aliphatic hydroxyl groups excluding tert-OH is 1. The molecule has 0 unspecified atom stereocenters. The van der Waals surface area contributed by atoms with Gasteiger partial charge in [-0.2, -0.15) is 0 Å².